The normalized spacial score (nSPS) is 10.8. The molecule has 5 heteroatoms. The molecule has 2 aromatic rings. The third-order valence-corrected chi connectivity index (χ3v) is 2.80. The molecular weight excluding hydrogens is 188 g/mol. The van der Waals surface area contributed by atoms with Crippen LogP contribution in [0.5, 0.6) is 0 Å². The number of carboxylic acids is 1. The molecule has 2 heterocycles. The first-order valence-corrected chi connectivity index (χ1v) is 4.67. The molecule has 0 spiro atoms. The van der Waals surface area contributed by atoms with Gasteiger partial charge in [-0.2, -0.15) is 5.10 Å². The Labute approximate surface area is 78.4 Å². The molecule has 0 aliphatic heterocycles. The summed E-state index contributed by atoms with van der Waals surface area (Å²) in [6.07, 6.45) is -0.00213. The van der Waals surface area contributed by atoms with E-state index in [1.165, 1.54) is 11.3 Å². The number of fused-ring (bicyclic) bond motifs is 1. The van der Waals surface area contributed by atoms with Crippen molar-refractivity contribution in [2.75, 3.05) is 0 Å². The first kappa shape index (κ1) is 8.25. The topological polar surface area (TPSA) is 55.1 Å². The molecule has 13 heavy (non-hydrogen) atoms. The summed E-state index contributed by atoms with van der Waals surface area (Å²) in [6.45, 7) is 0. The van der Waals surface area contributed by atoms with Gasteiger partial charge in [0.2, 0.25) is 0 Å². The monoisotopic (exact) mass is 196 g/mol. The number of aryl methyl sites for hydroxylation is 1. The Bertz CT molecular complexity index is 458. The van der Waals surface area contributed by atoms with Crippen molar-refractivity contribution in [3.05, 3.63) is 17.1 Å². The van der Waals surface area contributed by atoms with Crippen LogP contribution < -0.4 is 0 Å². The summed E-state index contributed by atoms with van der Waals surface area (Å²) in [5.74, 6) is -0.839. The van der Waals surface area contributed by atoms with Crippen molar-refractivity contribution >= 4 is 27.5 Å². The Hall–Kier alpha value is -1.36. The maximum atomic E-state index is 10.5. The average Bonchev–Trinajstić information content (AvgIpc) is 2.56. The first-order valence-electron chi connectivity index (χ1n) is 3.79. The number of aliphatic carboxylic acids is 1. The van der Waals surface area contributed by atoms with Crippen LogP contribution in [0.15, 0.2) is 11.4 Å². The summed E-state index contributed by atoms with van der Waals surface area (Å²) in [7, 11) is 1.82. The van der Waals surface area contributed by atoms with Gasteiger partial charge in [0.15, 0.2) is 0 Å². The zero-order valence-electron chi connectivity index (χ0n) is 7.02. The first-order chi connectivity index (χ1) is 6.18. The zero-order valence-corrected chi connectivity index (χ0v) is 7.84. The van der Waals surface area contributed by atoms with Gasteiger partial charge in [-0.05, 0) is 11.4 Å². The second-order valence-corrected chi connectivity index (χ2v) is 3.69. The number of carbonyl (C=O) groups is 1. The molecule has 4 nitrogen and oxygen atoms in total. The molecule has 68 valence electrons. The van der Waals surface area contributed by atoms with Gasteiger partial charge in [0.1, 0.15) is 0 Å². The predicted molar refractivity (Wildman–Crippen MR) is 49.9 cm³/mol. The van der Waals surface area contributed by atoms with Gasteiger partial charge >= 0.3 is 5.97 Å². The van der Waals surface area contributed by atoms with Crippen molar-refractivity contribution < 1.29 is 9.90 Å². The highest BCUT2D eigenvalue weighted by molar-refractivity contribution is 7.17. The molecule has 2 aromatic heterocycles. The molecule has 1 N–H and O–H groups in total. The van der Waals surface area contributed by atoms with E-state index in [0.717, 1.165) is 10.2 Å². The van der Waals surface area contributed by atoms with E-state index in [9.17, 15) is 4.79 Å². The maximum absolute atomic E-state index is 10.5. The predicted octanol–water partition coefficient (Wildman–Crippen LogP) is 1.26. The van der Waals surface area contributed by atoms with E-state index in [-0.39, 0.29) is 6.42 Å². The molecule has 0 amide bonds. The second-order valence-electron chi connectivity index (χ2n) is 2.78. The molecule has 0 fully saturated rings. The molecule has 0 radical (unpaired) electrons. The number of rotatable bonds is 2. The summed E-state index contributed by atoms with van der Waals surface area (Å²) < 4.78 is 2.69. The minimum atomic E-state index is -0.839. The van der Waals surface area contributed by atoms with E-state index in [4.69, 9.17) is 5.11 Å². The molecule has 0 saturated carbocycles. The van der Waals surface area contributed by atoms with E-state index >= 15 is 0 Å². The van der Waals surface area contributed by atoms with Gasteiger partial charge in [-0.3, -0.25) is 9.48 Å². The lowest BCUT2D eigenvalue weighted by Gasteiger charge is -1.88. The van der Waals surface area contributed by atoms with Gasteiger partial charge in [-0.25, -0.2) is 0 Å². The van der Waals surface area contributed by atoms with Crippen molar-refractivity contribution in [3.63, 3.8) is 0 Å². The standard InChI is InChI=1S/C8H8N2O2S/c1-10-6-2-3-13-8(6)5(9-10)4-7(11)12/h2-3H,4H2,1H3,(H,11,12). The number of hydrogen-bond acceptors (Lipinski definition) is 3. The number of nitrogens with zero attached hydrogens (tertiary/aromatic N) is 2. The number of thiophene rings is 1. The number of carboxylic acid groups (broad SMARTS) is 1. The Morgan fingerprint density at radius 2 is 2.54 bits per heavy atom. The second kappa shape index (κ2) is 2.85. The van der Waals surface area contributed by atoms with Crippen LogP contribution in [-0.2, 0) is 18.3 Å². The van der Waals surface area contributed by atoms with E-state index in [0.29, 0.717) is 5.69 Å². The molecule has 0 aliphatic rings. The van der Waals surface area contributed by atoms with Crippen LogP contribution in [0.1, 0.15) is 5.69 Å². The van der Waals surface area contributed by atoms with Crippen molar-refractivity contribution in [2.45, 2.75) is 6.42 Å². The van der Waals surface area contributed by atoms with Crippen molar-refractivity contribution in [1.29, 1.82) is 0 Å². The van der Waals surface area contributed by atoms with Gasteiger partial charge in [0, 0.05) is 7.05 Å². The fraction of sp³-hybridized carbons (Fsp3) is 0.250. The molecule has 0 saturated heterocycles. The maximum Gasteiger partial charge on any atom is 0.309 e. The Balaban J connectivity index is 2.55. The van der Waals surface area contributed by atoms with E-state index in [2.05, 4.69) is 5.10 Å². The van der Waals surface area contributed by atoms with Crippen molar-refractivity contribution in [2.24, 2.45) is 7.05 Å². The molecule has 0 bridgehead atoms. The van der Waals surface area contributed by atoms with E-state index in [1.54, 1.807) is 4.68 Å². The van der Waals surface area contributed by atoms with Crippen LogP contribution in [0, 0.1) is 0 Å². The largest absolute Gasteiger partial charge is 0.481 e. The number of hydrogen-bond donors (Lipinski definition) is 1. The lowest BCUT2D eigenvalue weighted by Crippen LogP contribution is -2.01. The highest BCUT2D eigenvalue weighted by Gasteiger charge is 2.12. The molecule has 2 rings (SSSR count). The third kappa shape index (κ3) is 1.31. The smallest absolute Gasteiger partial charge is 0.309 e. The highest BCUT2D eigenvalue weighted by atomic mass is 32.1. The van der Waals surface area contributed by atoms with Crippen molar-refractivity contribution in [1.82, 2.24) is 9.78 Å². The number of aromatic nitrogens is 2. The van der Waals surface area contributed by atoms with E-state index < -0.39 is 5.97 Å². The molecule has 0 atom stereocenters. The van der Waals surface area contributed by atoms with Gasteiger partial charge < -0.3 is 5.11 Å². The quantitative estimate of drug-likeness (QED) is 0.786. The van der Waals surface area contributed by atoms with Crippen LogP contribution in [0.2, 0.25) is 0 Å². The van der Waals surface area contributed by atoms with E-state index in [1.807, 2.05) is 18.5 Å². The lowest BCUT2D eigenvalue weighted by atomic mass is 10.3. The zero-order chi connectivity index (χ0) is 9.42. The molecule has 0 aromatic carbocycles. The fourth-order valence-electron chi connectivity index (χ4n) is 1.31. The summed E-state index contributed by atoms with van der Waals surface area (Å²) in [4.78, 5) is 10.5. The van der Waals surface area contributed by atoms with Crippen LogP contribution in [0.3, 0.4) is 0 Å². The van der Waals surface area contributed by atoms with Gasteiger partial charge in [0.05, 0.1) is 22.3 Å². The summed E-state index contributed by atoms with van der Waals surface area (Å²) >= 11 is 1.53. The van der Waals surface area contributed by atoms with Crippen LogP contribution in [0.25, 0.3) is 10.2 Å². The minimum Gasteiger partial charge on any atom is -0.481 e. The Morgan fingerprint density at radius 3 is 3.23 bits per heavy atom. The summed E-state index contributed by atoms with van der Waals surface area (Å²) in [6, 6.07) is 1.94. The summed E-state index contributed by atoms with van der Waals surface area (Å²) in [5.41, 5.74) is 1.65. The Morgan fingerprint density at radius 1 is 1.77 bits per heavy atom. The van der Waals surface area contributed by atoms with Gasteiger partial charge in [0.25, 0.3) is 0 Å². The minimum absolute atomic E-state index is 0.00213. The Kier molecular flexibility index (Phi) is 1.81. The SMILES string of the molecule is Cn1nc(CC(=O)O)c2sccc21. The van der Waals surface area contributed by atoms with Crippen LogP contribution in [-0.4, -0.2) is 20.9 Å². The van der Waals surface area contributed by atoms with Gasteiger partial charge in [-0.15, -0.1) is 11.3 Å². The average molecular weight is 196 g/mol. The summed E-state index contributed by atoms with van der Waals surface area (Å²) in [5, 5.41) is 14.7. The molecule has 0 aliphatic carbocycles. The fourth-order valence-corrected chi connectivity index (χ4v) is 2.22. The van der Waals surface area contributed by atoms with Crippen LogP contribution >= 0.6 is 11.3 Å². The highest BCUT2D eigenvalue weighted by Crippen LogP contribution is 2.24. The molecular formula is C8H8N2O2S. The lowest BCUT2D eigenvalue weighted by molar-refractivity contribution is -0.136. The third-order valence-electron chi connectivity index (χ3n) is 1.84. The van der Waals surface area contributed by atoms with Crippen LogP contribution in [0.4, 0.5) is 0 Å². The van der Waals surface area contributed by atoms with Crippen molar-refractivity contribution in [3.8, 4) is 0 Å². The molecule has 0 unspecified atom stereocenters. The van der Waals surface area contributed by atoms with Gasteiger partial charge in [-0.1, -0.05) is 0 Å².